The Kier molecular flexibility index (Phi) is 4.27. The lowest BCUT2D eigenvalue weighted by atomic mass is 10.2. The molecule has 0 saturated heterocycles. The van der Waals surface area contributed by atoms with Crippen LogP contribution in [0.5, 0.6) is 5.75 Å². The van der Waals surface area contributed by atoms with Crippen molar-refractivity contribution >= 4 is 29.3 Å². The summed E-state index contributed by atoms with van der Waals surface area (Å²) in [5.74, 6) is -0.848. The van der Waals surface area contributed by atoms with Crippen LogP contribution in [-0.4, -0.2) is 16.9 Å². The number of aromatic nitrogens is 1. The molecule has 0 bridgehead atoms. The molecule has 102 valence electrons. The number of carbonyl (C=O) groups excluding carboxylic acids is 2. The van der Waals surface area contributed by atoms with Crippen molar-refractivity contribution in [1.82, 2.24) is 4.98 Å². The zero-order valence-electron chi connectivity index (χ0n) is 10.7. The van der Waals surface area contributed by atoms with Gasteiger partial charge < -0.3 is 10.5 Å². The summed E-state index contributed by atoms with van der Waals surface area (Å²) in [6, 6.07) is 6.13. The molecule has 1 aromatic heterocycles. The number of nitrogens with two attached hydrogens (primary N) is 1. The number of amides is 1. The van der Waals surface area contributed by atoms with Gasteiger partial charge >= 0.3 is 5.97 Å². The molecule has 0 atom stereocenters. The van der Waals surface area contributed by atoms with Gasteiger partial charge in [-0.05, 0) is 31.2 Å². The number of rotatable bonds is 4. The van der Waals surface area contributed by atoms with E-state index in [2.05, 4.69) is 4.98 Å². The maximum Gasteiger partial charge on any atom is 0.336 e. The standard InChI is InChI=1S/C14H12N2O3S/c1-9-16-11(8-20-9)5-6-13(17)19-12-4-2-3-10(7-12)14(15)18/h2-8H,1H3,(H2,15,18). The van der Waals surface area contributed by atoms with Crippen LogP contribution in [0, 0.1) is 6.92 Å². The van der Waals surface area contributed by atoms with E-state index in [4.69, 9.17) is 10.5 Å². The van der Waals surface area contributed by atoms with Gasteiger partial charge in [-0.15, -0.1) is 11.3 Å². The number of carbonyl (C=O) groups is 2. The molecule has 1 aromatic carbocycles. The van der Waals surface area contributed by atoms with Crippen molar-refractivity contribution in [2.75, 3.05) is 0 Å². The Morgan fingerprint density at radius 3 is 2.85 bits per heavy atom. The minimum absolute atomic E-state index is 0.269. The van der Waals surface area contributed by atoms with E-state index in [1.54, 1.807) is 24.3 Å². The molecule has 0 spiro atoms. The molecule has 0 aliphatic rings. The van der Waals surface area contributed by atoms with Gasteiger partial charge in [-0.1, -0.05) is 6.07 Å². The highest BCUT2D eigenvalue weighted by atomic mass is 32.1. The smallest absolute Gasteiger partial charge is 0.336 e. The van der Waals surface area contributed by atoms with E-state index in [1.165, 1.54) is 23.5 Å². The normalized spacial score (nSPS) is 10.7. The maximum atomic E-state index is 11.6. The number of ether oxygens (including phenoxy) is 1. The van der Waals surface area contributed by atoms with E-state index >= 15 is 0 Å². The monoisotopic (exact) mass is 288 g/mol. The molecule has 0 unspecified atom stereocenters. The number of nitrogens with zero attached hydrogens (tertiary/aromatic N) is 1. The minimum Gasteiger partial charge on any atom is -0.423 e. The zero-order valence-corrected chi connectivity index (χ0v) is 11.5. The van der Waals surface area contributed by atoms with Gasteiger partial charge in [-0.3, -0.25) is 4.79 Å². The van der Waals surface area contributed by atoms with Crippen LogP contribution in [0.2, 0.25) is 0 Å². The minimum atomic E-state index is -0.573. The summed E-state index contributed by atoms with van der Waals surface area (Å²) in [5.41, 5.74) is 6.14. The molecule has 1 amide bonds. The molecular weight excluding hydrogens is 276 g/mol. The van der Waals surface area contributed by atoms with Crippen molar-refractivity contribution in [3.8, 4) is 5.75 Å². The Morgan fingerprint density at radius 1 is 1.40 bits per heavy atom. The molecule has 6 heteroatoms. The Bertz CT molecular complexity index is 677. The van der Waals surface area contributed by atoms with Gasteiger partial charge in [0.05, 0.1) is 10.7 Å². The first-order valence-corrected chi connectivity index (χ1v) is 6.64. The first-order valence-electron chi connectivity index (χ1n) is 5.76. The molecule has 20 heavy (non-hydrogen) atoms. The van der Waals surface area contributed by atoms with Crippen molar-refractivity contribution in [1.29, 1.82) is 0 Å². The highest BCUT2D eigenvalue weighted by Gasteiger charge is 2.05. The number of esters is 1. The summed E-state index contributed by atoms with van der Waals surface area (Å²) in [7, 11) is 0. The maximum absolute atomic E-state index is 11.6. The summed E-state index contributed by atoms with van der Waals surface area (Å²) < 4.78 is 5.08. The fraction of sp³-hybridized carbons (Fsp3) is 0.0714. The summed E-state index contributed by atoms with van der Waals surface area (Å²) in [6.45, 7) is 1.88. The number of hydrogen-bond donors (Lipinski definition) is 1. The average molecular weight is 288 g/mol. The van der Waals surface area contributed by atoms with Crippen molar-refractivity contribution in [3.63, 3.8) is 0 Å². The van der Waals surface area contributed by atoms with Gasteiger partial charge in [0.1, 0.15) is 5.75 Å². The molecular formula is C14H12N2O3S. The highest BCUT2D eigenvalue weighted by Crippen LogP contribution is 2.14. The number of primary amides is 1. The van der Waals surface area contributed by atoms with Crippen LogP contribution in [0.3, 0.4) is 0 Å². The second-order valence-electron chi connectivity index (χ2n) is 3.94. The van der Waals surface area contributed by atoms with Crippen LogP contribution in [0.25, 0.3) is 6.08 Å². The summed E-state index contributed by atoms with van der Waals surface area (Å²) in [6.07, 6.45) is 2.86. The van der Waals surface area contributed by atoms with Crippen LogP contribution in [0.15, 0.2) is 35.7 Å². The number of aryl methyl sites for hydroxylation is 1. The van der Waals surface area contributed by atoms with Crippen LogP contribution in [-0.2, 0) is 4.79 Å². The fourth-order valence-electron chi connectivity index (χ4n) is 1.47. The van der Waals surface area contributed by atoms with Crippen molar-refractivity contribution < 1.29 is 14.3 Å². The quantitative estimate of drug-likeness (QED) is 0.531. The topological polar surface area (TPSA) is 82.3 Å². The summed E-state index contributed by atoms with van der Waals surface area (Å²) in [4.78, 5) is 26.8. The molecule has 0 aliphatic carbocycles. The predicted octanol–water partition coefficient (Wildman–Crippen LogP) is 2.17. The lowest BCUT2D eigenvalue weighted by molar-refractivity contribution is -0.128. The highest BCUT2D eigenvalue weighted by molar-refractivity contribution is 7.09. The lowest BCUT2D eigenvalue weighted by Crippen LogP contribution is -2.11. The Balaban J connectivity index is 2.02. The summed E-state index contributed by atoms with van der Waals surface area (Å²) >= 11 is 1.50. The first kappa shape index (κ1) is 14.0. The average Bonchev–Trinajstić information content (AvgIpc) is 2.82. The lowest BCUT2D eigenvalue weighted by Gasteiger charge is -2.02. The summed E-state index contributed by atoms with van der Waals surface area (Å²) in [5, 5.41) is 2.76. The second-order valence-corrected chi connectivity index (χ2v) is 5.00. The van der Waals surface area contributed by atoms with Crippen molar-refractivity contribution in [2.24, 2.45) is 5.73 Å². The molecule has 5 nitrogen and oxygen atoms in total. The third-order valence-corrected chi connectivity index (χ3v) is 3.16. The number of thiazole rings is 1. The molecule has 2 aromatic rings. The van der Waals surface area contributed by atoms with Gasteiger partial charge in [0, 0.05) is 17.0 Å². The van der Waals surface area contributed by atoms with Crippen LogP contribution in [0.4, 0.5) is 0 Å². The fourth-order valence-corrected chi connectivity index (χ4v) is 2.05. The van der Waals surface area contributed by atoms with Crippen LogP contribution < -0.4 is 10.5 Å². The van der Waals surface area contributed by atoms with E-state index in [1.807, 2.05) is 12.3 Å². The van der Waals surface area contributed by atoms with E-state index in [0.29, 0.717) is 5.69 Å². The van der Waals surface area contributed by atoms with E-state index < -0.39 is 11.9 Å². The molecule has 0 saturated carbocycles. The predicted molar refractivity (Wildman–Crippen MR) is 76.5 cm³/mol. The van der Waals surface area contributed by atoms with Crippen LogP contribution >= 0.6 is 11.3 Å². The first-order chi connectivity index (χ1) is 9.54. The van der Waals surface area contributed by atoms with E-state index in [0.717, 1.165) is 5.01 Å². The molecule has 0 fully saturated rings. The van der Waals surface area contributed by atoms with Gasteiger partial charge in [-0.2, -0.15) is 0 Å². The molecule has 0 aliphatic heterocycles. The molecule has 0 radical (unpaired) electrons. The Labute approximate surface area is 119 Å². The second kappa shape index (κ2) is 6.12. The van der Waals surface area contributed by atoms with Gasteiger partial charge in [-0.25, -0.2) is 9.78 Å². The molecule has 2 rings (SSSR count). The van der Waals surface area contributed by atoms with E-state index in [9.17, 15) is 9.59 Å². The van der Waals surface area contributed by atoms with Crippen LogP contribution in [0.1, 0.15) is 21.1 Å². The molecule has 2 N–H and O–H groups in total. The van der Waals surface area contributed by atoms with Crippen molar-refractivity contribution in [3.05, 3.63) is 52.0 Å². The number of hydrogen-bond acceptors (Lipinski definition) is 5. The number of benzene rings is 1. The Hall–Kier alpha value is -2.47. The van der Waals surface area contributed by atoms with Crippen molar-refractivity contribution in [2.45, 2.75) is 6.92 Å². The van der Waals surface area contributed by atoms with Gasteiger partial charge in [0.25, 0.3) is 0 Å². The third kappa shape index (κ3) is 3.76. The van der Waals surface area contributed by atoms with Gasteiger partial charge in [0.15, 0.2) is 0 Å². The van der Waals surface area contributed by atoms with E-state index in [-0.39, 0.29) is 11.3 Å². The van der Waals surface area contributed by atoms with Gasteiger partial charge in [0.2, 0.25) is 5.91 Å². The Morgan fingerprint density at radius 2 is 2.20 bits per heavy atom. The third-order valence-electron chi connectivity index (χ3n) is 2.36. The zero-order chi connectivity index (χ0) is 14.5. The largest absolute Gasteiger partial charge is 0.423 e. The SMILES string of the molecule is Cc1nc(C=CC(=O)Oc2cccc(C(N)=O)c2)cs1. The molecule has 1 heterocycles.